The van der Waals surface area contributed by atoms with Crippen LogP contribution in [0.4, 0.5) is 0 Å². The predicted molar refractivity (Wildman–Crippen MR) is 76.6 cm³/mol. The van der Waals surface area contributed by atoms with Crippen molar-refractivity contribution < 1.29 is 24.4 Å². The Morgan fingerprint density at radius 3 is 2.71 bits per heavy atom. The molecule has 2 atom stereocenters. The molecule has 0 aliphatic rings. The third-order valence-electron chi connectivity index (χ3n) is 3.07. The van der Waals surface area contributed by atoms with Gasteiger partial charge in [0.25, 0.3) is 0 Å². The summed E-state index contributed by atoms with van der Waals surface area (Å²) in [5.41, 5.74) is 0.232. The van der Waals surface area contributed by atoms with E-state index in [0.29, 0.717) is 10.8 Å². The Balaban J connectivity index is 3.23. The minimum absolute atomic E-state index is 0.173. The van der Waals surface area contributed by atoms with Crippen molar-refractivity contribution >= 4 is 28.2 Å². The van der Waals surface area contributed by atoms with Crippen LogP contribution in [0.2, 0.25) is 0 Å². The monoisotopic (exact) mass is 359 g/mol. The van der Waals surface area contributed by atoms with Gasteiger partial charge in [0.05, 0.1) is 19.4 Å². The van der Waals surface area contributed by atoms with Crippen molar-refractivity contribution in [2.24, 2.45) is 5.92 Å². The van der Waals surface area contributed by atoms with Gasteiger partial charge in [0.2, 0.25) is 6.54 Å². The average Bonchev–Trinajstić information content (AvgIpc) is 2.42. The molecule has 0 heterocycles. The Morgan fingerprint density at radius 2 is 2.24 bits per heavy atom. The van der Waals surface area contributed by atoms with E-state index in [9.17, 15) is 24.8 Å². The van der Waals surface area contributed by atoms with Crippen molar-refractivity contribution in [3.8, 4) is 5.75 Å². The number of phenols is 1. The number of phenolic OH excluding ortho intramolecular Hbond substituents is 1. The first-order valence-corrected chi connectivity index (χ1v) is 6.81. The Kier molecular flexibility index (Phi) is 6.29. The molecule has 0 saturated carbocycles. The molecule has 21 heavy (non-hydrogen) atoms. The van der Waals surface area contributed by atoms with Crippen molar-refractivity contribution in [2.75, 3.05) is 13.7 Å². The highest BCUT2D eigenvalue weighted by Gasteiger charge is 2.33. The Labute approximate surface area is 129 Å². The molecule has 1 rings (SSSR count). The van der Waals surface area contributed by atoms with Crippen molar-refractivity contribution in [2.45, 2.75) is 12.3 Å². The maximum Gasteiger partial charge on any atom is 0.306 e. The molecule has 1 N–H and O–H groups in total. The molecule has 0 amide bonds. The second kappa shape index (κ2) is 7.72. The number of hydrogen-bond donors (Lipinski definition) is 1. The molecule has 1 aromatic carbocycles. The third-order valence-corrected chi connectivity index (χ3v) is 3.76. The lowest BCUT2D eigenvalue weighted by atomic mass is 9.84. The normalized spacial score (nSPS) is 13.2. The molecule has 0 aromatic heterocycles. The zero-order valence-electron chi connectivity index (χ0n) is 11.2. The maximum atomic E-state index is 11.3. The summed E-state index contributed by atoms with van der Waals surface area (Å²) in [5.74, 6) is -2.72. The first-order chi connectivity index (χ1) is 9.90. The summed E-state index contributed by atoms with van der Waals surface area (Å²) in [7, 11) is 1.17. The van der Waals surface area contributed by atoms with E-state index in [-0.39, 0.29) is 17.7 Å². The smallest absolute Gasteiger partial charge is 0.306 e. The molecule has 0 bridgehead atoms. The van der Waals surface area contributed by atoms with Gasteiger partial charge in [-0.15, -0.1) is 0 Å². The van der Waals surface area contributed by atoms with E-state index in [1.165, 1.54) is 13.2 Å². The number of carbonyl (C=O) groups is 2. The standard InChI is InChI=1S/C13H14BrNO6/c1-21-12(18)5-8(7-16)9(6-15(19)20)13-10(14)3-2-4-11(13)17/h2-4,7-9,17H,5-6H2,1H3. The number of hydrogen-bond acceptors (Lipinski definition) is 6. The highest BCUT2D eigenvalue weighted by Crippen LogP contribution is 2.37. The summed E-state index contributed by atoms with van der Waals surface area (Å²) in [6.45, 7) is -0.587. The van der Waals surface area contributed by atoms with E-state index in [4.69, 9.17) is 0 Å². The number of methoxy groups -OCH3 is 1. The fourth-order valence-electron chi connectivity index (χ4n) is 2.06. The predicted octanol–water partition coefficient (Wildman–Crippen LogP) is 1.89. The van der Waals surface area contributed by atoms with Gasteiger partial charge in [-0.25, -0.2) is 0 Å². The van der Waals surface area contributed by atoms with E-state index < -0.39 is 29.3 Å². The first-order valence-electron chi connectivity index (χ1n) is 6.02. The van der Waals surface area contributed by atoms with Crippen LogP contribution in [0.15, 0.2) is 22.7 Å². The summed E-state index contributed by atoms with van der Waals surface area (Å²) in [5, 5.41) is 20.8. The minimum atomic E-state index is -0.965. The second-order valence-corrected chi connectivity index (χ2v) is 5.23. The summed E-state index contributed by atoms with van der Waals surface area (Å²) < 4.78 is 4.93. The quantitative estimate of drug-likeness (QED) is 0.344. The van der Waals surface area contributed by atoms with Crippen molar-refractivity contribution in [1.82, 2.24) is 0 Å². The number of esters is 1. The molecular weight excluding hydrogens is 346 g/mol. The molecule has 0 aliphatic heterocycles. The van der Waals surface area contributed by atoms with E-state index in [1.54, 1.807) is 12.1 Å². The number of ether oxygens (including phenoxy) is 1. The van der Waals surface area contributed by atoms with E-state index in [2.05, 4.69) is 20.7 Å². The van der Waals surface area contributed by atoms with Gasteiger partial charge in [0.1, 0.15) is 12.0 Å². The molecular formula is C13H14BrNO6. The molecule has 1 aromatic rings. The molecule has 114 valence electrons. The number of nitro groups is 1. The zero-order chi connectivity index (χ0) is 16.0. The van der Waals surface area contributed by atoms with E-state index in [0.717, 1.165) is 0 Å². The number of halogens is 1. The van der Waals surface area contributed by atoms with Gasteiger partial charge in [-0.05, 0) is 12.1 Å². The average molecular weight is 360 g/mol. The molecule has 0 fully saturated rings. The van der Waals surface area contributed by atoms with Gasteiger partial charge in [-0.3, -0.25) is 14.9 Å². The van der Waals surface area contributed by atoms with Crippen molar-refractivity contribution in [3.63, 3.8) is 0 Å². The molecule has 0 aliphatic carbocycles. The van der Waals surface area contributed by atoms with Crippen LogP contribution in [0.5, 0.6) is 5.75 Å². The number of aromatic hydroxyl groups is 1. The van der Waals surface area contributed by atoms with Gasteiger partial charge in [-0.2, -0.15) is 0 Å². The molecule has 0 radical (unpaired) electrons. The van der Waals surface area contributed by atoms with E-state index in [1.807, 2.05) is 0 Å². The number of nitrogens with zero attached hydrogens (tertiary/aromatic N) is 1. The zero-order valence-corrected chi connectivity index (χ0v) is 12.8. The number of aldehydes is 1. The van der Waals surface area contributed by atoms with Crippen LogP contribution < -0.4 is 0 Å². The van der Waals surface area contributed by atoms with Crippen molar-refractivity contribution in [1.29, 1.82) is 0 Å². The Morgan fingerprint density at radius 1 is 1.57 bits per heavy atom. The lowest BCUT2D eigenvalue weighted by molar-refractivity contribution is -0.484. The third kappa shape index (κ3) is 4.52. The van der Waals surface area contributed by atoms with Gasteiger partial charge >= 0.3 is 5.97 Å². The van der Waals surface area contributed by atoms with Gasteiger partial charge < -0.3 is 14.6 Å². The molecule has 2 unspecified atom stereocenters. The van der Waals surface area contributed by atoms with Crippen LogP contribution in [0.25, 0.3) is 0 Å². The summed E-state index contributed by atoms with van der Waals surface area (Å²) in [4.78, 5) is 32.9. The van der Waals surface area contributed by atoms with Crippen molar-refractivity contribution in [3.05, 3.63) is 38.3 Å². The lowest BCUT2D eigenvalue weighted by Gasteiger charge is -2.21. The topological polar surface area (TPSA) is 107 Å². The number of carbonyl (C=O) groups excluding carboxylic acids is 2. The van der Waals surface area contributed by atoms with Gasteiger partial charge in [0.15, 0.2) is 0 Å². The number of rotatable bonds is 7. The van der Waals surface area contributed by atoms with Gasteiger partial charge in [-0.1, -0.05) is 22.0 Å². The number of benzene rings is 1. The fraction of sp³-hybridized carbons (Fsp3) is 0.385. The summed E-state index contributed by atoms with van der Waals surface area (Å²) in [6, 6.07) is 4.53. The highest BCUT2D eigenvalue weighted by molar-refractivity contribution is 9.10. The molecule has 7 nitrogen and oxygen atoms in total. The minimum Gasteiger partial charge on any atom is -0.508 e. The Bertz CT molecular complexity index is 527. The Hall–Kier alpha value is -1.96. The molecule has 0 saturated heterocycles. The maximum absolute atomic E-state index is 11.3. The van der Waals surface area contributed by atoms with Crippen LogP contribution in [0, 0.1) is 16.0 Å². The van der Waals surface area contributed by atoms with Gasteiger partial charge in [0, 0.05) is 20.9 Å². The summed E-state index contributed by atoms with van der Waals surface area (Å²) >= 11 is 3.20. The SMILES string of the molecule is COC(=O)CC(C=O)C(C[N+](=O)[O-])c1c(O)cccc1Br. The highest BCUT2D eigenvalue weighted by atomic mass is 79.9. The van der Waals surface area contributed by atoms with Crippen LogP contribution in [0.1, 0.15) is 17.9 Å². The lowest BCUT2D eigenvalue weighted by Crippen LogP contribution is -2.25. The second-order valence-electron chi connectivity index (χ2n) is 4.37. The first kappa shape index (κ1) is 17.1. The van der Waals surface area contributed by atoms with Crippen LogP contribution in [-0.2, 0) is 14.3 Å². The van der Waals surface area contributed by atoms with Crippen LogP contribution in [0.3, 0.4) is 0 Å². The largest absolute Gasteiger partial charge is 0.508 e. The summed E-state index contributed by atoms with van der Waals surface area (Å²) in [6.07, 6.45) is 0.184. The van der Waals surface area contributed by atoms with Crippen LogP contribution >= 0.6 is 15.9 Å². The van der Waals surface area contributed by atoms with E-state index >= 15 is 0 Å². The van der Waals surface area contributed by atoms with Crippen LogP contribution in [-0.4, -0.2) is 35.9 Å². The molecule has 8 heteroatoms. The molecule has 0 spiro atoms. The fourth-order valence-corrected chi connectivity index (χ4v) is 2.70.